The Labute approximate surface area is 152 Å². The molecule has 0 heterocycles. The standard InChI is InChI=1S/C22H20O4/c1-16(23)9-10-17-11-13-19(14-12-17)26-22(24)15-25-21-8-4-6-18-5-2-3-7-20(18)21/h2-8,11-14H,9-10,15H2,1H3. The number of hydrogen-bond acceptors (Lipinski definition) is 4. The van der Waals surface area contributed by atoms with Crippen LogP contribution in [0.4, 0.5) is 0 Å². The number of carbonyl (C=O) groups excluding carboxylic acids is 2. The Balaban J connectivity index is 1.56. The number of Topliss-reactive ketones (excluding diaryl/α,β-unsaturated/α-hetero) is 1. The van der Waals surface area contributed by atoms with Gasteiger partial charge in [-0.2, -0.15) is 0 Å². The Morgan fingerprint density at radius 1 is 0.885 bits per heavy atom. The van der Waals surface area contributed by atoms with E-state index in [1.807, 2.05) is 54.6 Å². The molecule has 0 fully saturated rings. The summed E-state index contributed by atoms with van der Waals surface area (Å²) in [4.78, 5) is 23.0. The SMILES string of the molecule is CC(=O)CCc1ccc(OC(=O)COc2cccc3ccccc23)cc1. The summed E-state index contributed by atoms with van der Waals surface area (Å²) in [5.41, 5.74) is 1.03. The predicted octanol–water partition coefficient (Wildman–Crippen LogP) is 4.35. The minimum atomic E-state index is -0.463. The van der Waals surface area contributed by atoms with E-state index < -0.39 is 5.97 Å². The van der Waals surface area contributed by atoms with Gasteiger partial charge in [0.2, 0.25) is 0 Å². The molecule has 3 rings (SSSR count). The van der Waals surface area contributed by atoms with E-state index in [2.05, 4.69) is 0 Å². The average molecular weight is 348 g/mol. The van der Waals surface area contributed by atoms with E-state index in [4.69, 9.17) is 9.47 Å². The maximum atomic E-state index is 12.0. The third kappa shape index (κ3) is 4.70. The van der Waals surface area contributed by atoms with Crippen molar-refractivity contribution in [2.75, 3.05) is 6.61 Å². The maximum absolute atomic E-state index is 12.0. The van der Waals surface area contributed by atoms with Crippen molar-refractivity contribution in [1.29, 1.82) is 0 Å². The quantitative estimate of drug-likeness (QED) is 0.471. The van der Waals surface area contributed by atoms with Crippen molar-refractivity contribution >= 4 is 22.5 Å². The maximum Gasteiger partial charge on any atom is 0.349 e. The summed E-state index contributed by atoms with van der Waals surface area (Å²) < 4.78 is 10.9. The van der Waals surface area contributed by atoms with Crippen LogP contribution in [-0.2, 0) is 16.0 Å². The number of benzene rings is 3. The third-order valence-corrected chi connectivity index (χ3v) is 4.02. The number of carbonyl (C=O) groups is 2. The molecule has 0 aliphatic heterocycles. The summed E-state index contributed by atoms with van der Waals surface area (Å²) in [7, 11) is 0. The van der Waals surface area contributed by atoms with Gasteiger partial charge in [0.25, 0.3) is 0 Å². The molecule has 0 aliphatic carbocycles. The average Bonchev–Trinajstić information content (AvgIpc) is 2.65. The summed E-state index contributed by atoms with van der Waals surface area (Å²) in [5.74, 6) is 0.809. The molecule has 0 bridgehead atoms. The molecule has 4 nitrogen and oxygen atoms in total. The Bertz CT molecular complexity index is 908. The van der Waals surface area contributed by atoms with Crippen LogP contribution < -0.4 is 9.47 Å². The lowest BCUT2D eigenvalue weighted by Crippen LogP contribution is -2.17. The van der Waals surface area contributed by atoms with Crippen molar-refractivity contribution < 1.29 is 19.1 Å². The van der Waals surface area contributed by atoms with Gasteiger partial charge in [-0.1, -0.05) is 48.5 Å². The number of ketones is 1. The second-order valence-corrected chi connectivity index (χ2v) is 6.09. The highest BCUT2D eigenvalue weighted by molar-refractivity contribution is 5.88. The molecule has 0 radical (unpaired) electrons. The molecule has 3 aromatic carbocycles. The first-order valence-electron chi connectivity index (χ1n) is 8.51. The zero-order chi connectivity index (χ0) is 18.4. The second-order valence-electron chi connectivity index (χ2n) is 6.09. The van der Waals surface area contributed by atoms with E-state index in [1.165, 1.54) is 0 Å². The predicted molar refractivity (Wildman–Crippen MR) is 101 cm³/mol. The number of rotatable bonds is 7. The molecule has 0 saturated heterocycles. The van der Waals surface area contributed by atoms with Crippen LogP contribution >= 0.6 is 0 Å². The zero-order valence-electron chi connectivity index (χ0n) is 14.6. The number of esters is 1. The highest BCUT2D eigenvalue weighted by Crippen LogP contribution is 2.25. The van der Waals surface area contributed by atoms with Gasteiger partial charge in [-0.15, -0.1) is 0 Å². The fourth-order valence-electron chi connectivity index (χ4n) is 2.66. The molecule has 0 amide bonds. The molecule has 0 atom stereocenters. The molecule has 0 aromatic heterocycles. The van der Waals surface area contributed by atoms with Crippen LogP contribution in [0.2, 0.25) is 0 Å². The first-order chi connectivity index (χ1) is 12.6. The molecule has 4 heteroatoms. The molecular weight excluding hydrogens is 328 g/mol. The van der Waals surface area contributed by atoms with Crippen LogP contribution in [0.5, 0.6) is 11.5 Å². The fourth-order valence-corrected chi connectivity index (χ4v) is 2.66. The van der Waals surface area contributed by atoms with Gasteiger partial charge in [0, 0.05) is 11.8 Å². The van der Waals surface area contributed by atoms with Gasteiger partial charge in [-0.3, -0.25) is 0 Å². The van der Waals surface area contributed by atoms with Crippen molar-refractivity contribution in [3.63, 3.8) is 0 Å². The zero-order valence-corrected chi connectivity index (χ0v) is 14.6. The topological polar surface area (TPSA) is 52.6 Å². The van der Waals surface area contributed by atoms with Gasteiger partial charge < -0.3 is 14.3 Å². The van der Waals surface area contributed by atoms with Crippen LogP contribution in [-0.4, -0.2) is 18.4 Å². The lowest BCUT2D eigenvalue weighted by Gasteiger charge is -2.09. The molecule has 132 valence electrons. The molecule has 26 heavy (non-hydrogen) atoms. The summed E-state index contributed by atoms with van der Waals surface area (Å²) in [6.45, 7) is 1.41. The first kappa shape index (κ1) is 17.7. The number of aryl methyl sites for hydroxylation is 1. The van der Waals surface area contributed by atoms with E-state index >= 15 is 0 Å². The van der Waals surface area contributed by atoms with E-state index in [0.29, 0.717) is 24.3 Å². The molecule has 0 saturated carbocycles. The van der Waals surface area contributed by atoms with Gasteiger partial charge in [-0.25, -0.2) is 4.79 Å². The van der Waals surface area contributed by atoms with Crippen molar-refractivity contribution in [1.82, 2.24) is 0 Å². The number of ether oxygens (including phenoxy) is 2. The summed E-state index contributed by atoms with van der Waals surface area (Å²) >= 11 is 0. The number of hydrogen-bond donors (Lipinski definition) is 0. The summed E-state index contributed by atoms with van der Waals surface area (Å²) in [5, 5.41) is 2.01. The van der Waals surface area contributed by atoms with Gasteiger partial charge in [0.05, 0.1) is 0 Å². The second kappa shape index (κ2) is 8.30. The Morgan fingerprint density at radius 3 is 2.38 bits per heavy atom. The van der Waals surface area contributed by atoms with Gasteiger partial charge >= 0.3 is 5.97 Å². The van der Waals surface area contributed by atoms with Gasteiger partial charge in [0.15, 0.2) is 6.61 Å². The largest absolute Gasteiger partial charge is 0.481 e. The lowest BCUT2D eigenvalue weighted by molar-refractivity contribution is -0.136. The summed E-state index contributed by atoms with van der Waals surface area (Å²) in [6.07, 6.45) is 1.20. The lowest BCUT2D eigenvalue weighted by atomic mass is 10.1. The Kier molecular flexibility index (Phi) is 5.64. The van der Waals surface area contributed by atoms with E-state index in [0.717, 1.165) is 16.3 Å². The molecule has 0 N–H and O–H groups in total. The minimum absolute atomic E-state index is 0.158. The molecule has 3 aromatic rings. The highest BCUT2D eigenvalue weighted by atomic mass is 16.6. The van der Waals surface area contributed by atoms with Crippen LogP contribution in [0.3, 0.4) is 0 Å². The van der Waals surface area contributed by atoms with Crippen LogP contribution in [0, 0.1) is 0 Å². The van der Waals surface area contributed by atoms with Crippen molar-refractivity contribution in [3.8, 4) is 11.5 Å². The van der Waals surface area contributed by atoms with Gasteiger partial charge in [0.1, 0.15) is 17.3 Å². The minimum Gasteiger partial charge on any atom is -0.481 e. The molecule has 0 spiro atoms. The third-order valence-electron chi connectivity index (χ3n) is 4.02. The van der Waals surface area contributed by atoms with E-state index in [9.17, 15) is 9.59 Å². The first-order valence-corrected chi connectivity index (χ1v) is 8.51. The monoisotopic (exact) mass is 348 g/mol. The van der Waals surface area contributed by atoms with Crippen LogP contribution in [0.25, 0.3) is 10.8 Å². The molecule has 0 aliphatic rings. The van der Waals surface area contributed by atoms with Crippen LogP contribution in [0.15, 0.2) is 66.7 Å². The van der Waals surface area contributed by atoms with E-state index in [-0.39, 0.29) is 12.4 Å². The number of fused-ring (bicyclic) bond motifs is 1. The summed E-state index contributed by atoms with van der Waals surface area (Å²) in [6, 6.07) is 20.7. The molecular formula is C22H20O4. The van der Waals surface area contributed by atoms with Gasteiger partial charge in [-0.05, 0) is 42.5 Å². The fraction of sp³-hybridized carbons (Fsp3) is 0.182. The molecule has 0 unspecified atom stereocenters. The smallest absolute Gasteiger partial charge is 0.349 e. The van der Waals surface area contributed by atoms with Crippen molar-refractivity contribution in [2.24, 2.45) is 0 Å². The highest BCUT2D eigenvalue weighted by Gasteiger charge is 2.08. The van der Waals surface area contributed by atoms with Crippen LogP contribution in [0.1, 0.15) is 18.9 Å². The Morgan fingerprint density at radius 2 is 1.62 bits per heavy atom. The Hall–Kier alpha value is -3.14. The normalized spacial score (nSPS) is 10.5. The van der Waals surface area contributed by atoms with E-state index in [1.54, 1.807) is 19.1 Å². The van der Waals surface area contributed by atoms with Crippen molar-refractivity contribution in [3.05, 3.63) is 72.3 Å². The van der Waals surface area contributed by atoms with Crippen molar-refractivity contribution in [2.45, 2.75) is 19.8 Å².